The van der Waals surface area contributed by atoms with E-state index in [4.69, 9.17) is 8.22 Å². The maximum Gasteiger partial charge on any atom is 0.155 e. The second-order valence-corrected chi connectivity index (χ2v) is 7.79. The Hall–Kier alpha value is -0.960. The van der Waals surface area contributed by atoms with Gasteiger partial charge in [-0.05, 0) is 66.9 Å². The van der Waals surface area contributed by atoms with Gasteiger partial charge in [-0.15, -0.1) is 0 Å². The Balaban J connectivity index is 1.86. The Morgan fingerprint density at radius 1 is 1.23 bits per heavy atom. The van der Waals surface area contributed by atoms with Gasteiger partial charge >= 0.3 is 0 Å². The van der Waals surface area contributed by atoms with Gasteiger partial charge < -0.3 is 5.11 Å². The van der Waals surface area contributed by atoms with E-state index in [2.05, 4.69) is 0 Å². The predicted octanol–water partition coefficient (Wildman–Crippen LogP) is 3.06. The molecule has 0 aromatic rings. The van der Waals surface area contributed by atoms with Crippen molar-refractivity contribution in [2.24, 2.45) is 28.6 Å². The molecule has 1 N–H and O–H groups in total. The van der Waals surface area contributed by atoms with Crippen LogP contribution in [0.25, 0.3) is 0 Å². The molecule has 120 valence electrons. The zero-order valence-electron chi connectivity index (χ0n) is 19.0. The minimum absolute atomic E-state index is 0.00249. The highest BCUT2D eigenvalue weighted by molar-refractivity contribution is 5.92. The van der Waals surface area contributed by atoms with E-state index in [1.54, 1.807) is 13.8 Å². The first-order chi connectivity index (χ1) is 12.6. The maximum atomic E-state index is 12.8. The van der Waals surface area contributed by atoms with Crippen molar-refractivity contribution in [1.82, 2.24) is 0 Å². The summed E-state index contributed by atoms with van der Waals surface area (Å²) in [5, 5.41) is 11.0. The number of fused-ring (bicyclic) bond motifs is 5. The summed E-state index contributed by atoms with van der Waals surface area (Å²) in [5.74, 6) is -2.30. The van der Waals surface area contributed by atoms with Crippen LogP contribution in [0.15, 0.2) is 11.6 Å². The number of ketones is 2. The average molecular weight is 308 g/mol. The van der Waals surface area contributed by atoms with E-state index in [1.807, 2.05) is 0 Å². The van der Waals surface area contributed by atoms with E-state index in [0.29, 0.717) is 12.8 Å². The van der Waals surface area contributed by atoms with Gasteiger partial charge in [0.25, 0.3) is 0 Å². The van der Waals surface area contributed by atoms with Crippen molar-refractivity contribution in [3.05, 3.63) is 11.6 Å². The van der Waals surface area contributed by atoms with Crippen molar-refractivity contribution in [3.8, 4) is 0 Å². The van der Waals surface area contributed by atoms with E-state index in [1.165, 1.54) is 0 Å². The first kappa shape index (κ1) is 9.36. The van der Waals surface area contributed by atoms with Gasteiger partial charge in [-0.3, -0.25) is 9.59 Å². The van der Waals surface area contributed by atoms with Gasteiger partial charge in [0.2, 0.25) is 0 Å². The summed E-state index contributed by atoms with van der Waals surface area (Å²) in [6.45, 7) is 3.50. The summed E-state index contributed by atoms with van der Waals surface area (Å²) in [6, 6.07) is -0.596. The molecule has 3 fully saturated rings. The lowest BCUT2D eigenvalue weighted by Gasteiger charge is -2.58. The molecule has 4 aliphatic carbocycles. The van der Waals surface area contributed by atoms with Crippen LogP contribution in [0.4, 0.5) is 0 Å². The van der Waals surface area contributed by atoms with Crippen molar-refractivity contribution in [2.45, 2.75) is 64.8 Å². The van der Waals surface area contributed by atoms with Gasteiger partial charge in [0.05, 0.1) is 8.82 Å². The van der Waals surface area contributed by atoms with Gasteiger partial charge in [-0.2, -0.15) is 0 Å². The average Bonchev–Trinajstić information content (AvgIpc) is 2.71. The lowest BCUT2D eigenvalue weighted by molar-refractivity contribution is -0.134. The normalized spacial score (nSPS) is 63.3. The molecule has 0 aliphatic heterocycles. The van der Waals surface area contributed by atoms with Crippen molar-refractivity contribution >= 4 is 11.6 Å². The quantitative estimate of drug-likeness (QED) is 0.748. The summed E-state index contributed by atoms with van der Waals surface area (Å²) in [4.78, 5) is 25.1. The Morgan fingerprint density at radius 2 is 1.95 bits per heavy atom. The molecule has 0 amide bonds. The first-order valence-electron chi connectivity index (χ1n) is 11.1. The van der Waals surface area contributed by atoms with Crippen molar-refractivity contribution in [1.29, 1.82) is 0 Å². The number of aliphatic hydroxyl groups is 1. The zero-order chi connectivity index (χ0) is 21.1. The van der Waals surface area contributed by atoms with Crippen molar-refractivity contribution in [3.63, 3.8) is 0 Å². The fraction of sp³-hybridized carbons (Fsp3) is 0.789. The van der Waals surface area contributed by atoms with Crippen LogP contribution in [-0.2, 0) is 9.59 Å². The van der Waals surface area contributed by atoms with Gasteiger partial charge in [0.15, 0.2) is 5.78 Å². The largest absolute Gasteiger partial charge is 0.389 e. The smallest absolute Gasteiger partial charge is 0.155 e. The van der Waals surface area contributed by atoms with Gasteiger partial charge in [0, 0.05) is 23.6 Å². The summed E-state index contributed by atoms with van der Waals surface area (Å²) in [7, 11) is 0. The van der Waals surface area contributed by atoms with Crippen LogP contribution in [0.5, 0.6) is 0 Å². The molecule has 0 heterocycles. The topological polar surface area (TPSA) is 54.4 Å². The molecule has 0 spiro atoms. The monoisotopic (exact) mass is 308 g/mol. The van der Waals surface area contributed by atoms with Crippen molar-refractivity contribution in [2.75, 3.05) is 0 Å². The molecule has 3 nitrogen and oxygen atoms in total. The molecule has 0 aromatic carbocycles. The second-order valence-electron chi connectivity index (χ2n) is 7.79. The molecule has 0 radical (unpaired) electrons. The molecule has 22 heavy (non-hydrogen) atoms. The van der Waals surface area contributed by atoms with Gasteiger partial charge in [-0.25, -0.2) is 0 Å². The fourth-order valence-corrected chi connectivity index (χ4v) is 5.44. The lowest BCUT2D eigenvalue weighted by atomic mass is 9.47. The second kappa shape index (κ2) is 4.53. The Labute approximate surface area is 140 Å². The highest BCUT2D eigenvalue weighted by Crippen LogP contribution is 2.64. The third-order valence-electron chi connectivity index (χ3n) is 6.79. The zero-order valence-corrected chi connectivity index (χ0v) is 13.0. The summed E-state index contributed by atoms with van der Waals surface area (Å²) >= 11 is 0. The first-order valence-corrected chi connectivity index (χ1v) is 8.12. The fourth-order valence-electron chi connectivity index (χ4n) is 5.44. The predicted molar refractivity (Wildman–Crippen MR) is 83.1 cm³/mol. The highest BCUT2D eigenvalue weighted by atomic mass is 16.3. The lowest BCUT2D eigenvalue weighted by Crippen LogP contribution is -2.54. The molecule has 3 heteroatoms. The number of rotatable bonds is 0. The third kappa shape index (κ3) is 1.72. The van der Waals surface area contributed by atoms with E-state index >= 15 is 0 Å². The van der Waals surface area contributed by atoms with E-state index < -0.39 is 47.3 Å². The van der Waals surface area contributed by atoms with Crippen LogP contribution in [0.2, 0.25) is 0 Å². The molecule has 0 saturated heterocycles. The standard InChI is InChI=1S/C19H26O3/c1-18-7-5-11(20)9-15(18)16(21)10-12-13-3-4-17(22)19(13,2)8-6-14(12)18/h9,12-14,16,21H,3-8,10H2,1-2H3/t12-,13-,14-,16+,18+,19-/m0/s1/i4D2,5D2,9D,16D. The molecule has 0 aromatic heterocycles. The highest BCUT2D eigenvalue weighted by Gasteiger charge is 2.60. The van der Waals surface area contributed by atoms with Crippen LogP contribution in [0.3, 0.4) is 0 Å². The Bertz CT molecular complexity index is 818. The minimum Gasteiger partial charge on any atom is -0.389 e. The number of carbonyl (C=O) groups is 2. The van der Waals surface area contributed by atoms with E-state index in [9.17, 15) is 14.7 Å². The molecule has 6 atom stereocenters. The van der Waals surface area contributed by atoms with E-state index in [0.717, 1.165) is 0 Å². The van der Waals surface area contributed by atoms with Crippen LogP contribution in [0.1, 0.15) is 66.9 Å². The minimum atomic E-state index is -2.24. The summed E-state index contributed by atoms with van der Waals surface area (Å²) in [5.41, 5.74) is -1.91. The van der Waals surface area contributed by atoms with Gasteiger partial charge in [0.1, 0.15) is 5.78 Å². The molecule has 0 bridgehead atoms. The van der Waals surface area contributed by atoms with Crippen LogP contribution < -0.4 is 0 Å². The van der Waals surface area contributed by atoms with Crippen LogP contribution in [0, 0.1) is 28.6 Å². The van der Waals surface area contributed by atoms with Gasteiger partial charge in [-0.1, -0.05) is 13.8 Å². The molecule has 0 unspecified atom stereocenters. The molecular weight excluding hydrogens is 276 g/mol. The number of Topliss-reactive ketones (excluding diaryl/α,β-unsaturated/α-hetero) is 1. The Morgan fingerprint density at radius 3 is 2.73 bits per heavy atom. The Kier molecular flexibility index (Phi) is 1.93. The number of carbonyl (C=O) groups excluding carboxylic acids is 2. The third-order valence-corrected chi connectivity index (χ3v) is 6.79. The van der Waals surface area contributed by atoms with Crippen LogP contribution in [-0.4, -0.2) is 22.8 Å². The van der Waals surface area contributed by atoms with Crippen molar-refractivity contribution < 1.29 is 22.9 Å². The number of hydrogen-bond acceptors (Lipinski definition) is 3. The molecule has 3 saturated carbocycles. The van der Waals surface area contributed by atoms with E-state index in [-0.39, 0.29) is 42.6 Å². The van der Waals surface area contributed by atoms with Crippen LogP contribution >= 0.6 is 0 Å². The molecule has 4 aliphatic rings. The number of hydrogen-bond donors (Lipinski definition) is 1. The molecule has 4 rings (SSSR count). The maximum absolute atomic E-state index is 12.8. The summed E-state index contributed by atoms with van der Waals surface area (Å²) in [6.07, 6.45) is -5.64. The SMILES string of the molecule is [2H]C1=C2[C@](C)(CC([2H])([2H])C1=O)[C@H]1CC[C@]3(C)C(=O)C([2H])([2H])C[C@H]3[C@@H]1C[C@@]2([2H])O. The summed E-state index contributed by atoms with van der Waals surface area (Å²) < 4.78 is 49.3. The molecular formula is C19H26O3.